The average molecular weight is 216 g/mol. The summed E-state index contributed by atoms with van der Waals surface area (Å²) in [5, 5.41) is 0. The van der Waals surface area contributed by atoms with Crippen LogP contribution in [0, 0.1) is 5.92 Å². The van der Waals surface area contributed by atoms with E-state index in [2.05, 4.69) is 23.1 Å². The van der Waals surface area contributed by atoms with Crippen molar-refractivity contribution in [3.05, 3.63) is 29.3 Å². The Bertz CT molecular complexity index is 382. The Kier molecular flexibility index (Phi) is 2.60. The monoisotopic (exact) mass is 216 g/mol. The normalized spacial score (nSPS) is 19.7. The van der Waals surface area contributed by atoms with E-state index in [0.29, 0.717) is 6.54 Å². The molecule has 0 spiro atoms. The highest BCUT2D eigenvalue weighted by molar-refractivity contribution is 5.59. The molecule has 86 valence electrons. The van der Waals surface area contributed by atoms with E-state index in [4.69, 9.17) is 5.73 Å². The third-order valence-corrected chi connectivity index (χ3v) is 4.07. The lowest BCUT2D eigenvalue weighted by Crippen LogP contribution is -2.31. The summed E-state index contributed by atoms with van der Waals surface area (Å²) in [6, 6.07) is 6.73. The molecule has 1 aromatic rings. The second-order valence-corrected chi connectivity index (χ2v) is 5.16. The first-order valence-corrected chi connectivity index (χ1v) is 6.43. The molecule has 0 saturated heterocycles. The molecule has 1 heterocycles. The van der Waals surface area contributed by atoms with Gasteiger partial charge in [-0.1, -0.05) is 18.6 Å². The number of hydrogen-bond acceptors (Lipinski definition) is 2. The van der Waals surface area contributed by atoms with E-state index in [1.54, 1.807) is 0 Å². The Morgan fingerprint density at radius 1 is 1.31 bits per heavy atom. The third-order valence-electron chi connectivity index (χ3n) is 4.07. The van der Waals surface area contributed by atoms with E-state index >= 15 is 0 Å². The first-order valence-electron chi connectivity index (χ1n) is 6.43. The molecule has 2 nitrogen and oxygen atoms in total. The molecule has 3 rings (SSSR count). The van der Waals surface area contributed by atoms with Crippen molar-refractivity contribution in [2.24, 2.45) is 11.7 Å². The van der Waals surface area contributed by atoms with Crippen molar-refractivity contribution in [2.45, 2.75) is 32.2 Å². The summed E-state index contributed by atoms with van der Waals surface area (Å²) in [4.78, 5) is 2.57. The molecule has 2 aliphatic rings. The highest BCUT2D eigenvalue weighted by Gasteiger charge is 2.25. The molecule has 0 unspecified atom stereocenters. The quantitative estimate of drug-likeness (QED) is 0.840. The minimum absolute atomic E-state index is 0.663. The zero-order chi connectivity index (χ0) is 11.0. The molecule has 0 amide bonds. The number of benzene rings is 1. The Hall–Kier alpha value is -1.02. The fourth-order valence-corrected chi connectivity index (χ4v) is 2.83. The predicted octanol–water partition coefficient (Wildman–Crippen LogP) is 2.31. The van der Waals surface area contributed by atoms with Gasteiger partial charge in [-0.2, -0.15) is 0 Å². The van der Waals surface area contributed by atoms with E-state index in [1.807, 2.05) is 0 Å². The SMILES string of the molecule is NCc1ccc2c(c1)CCN2CC1CCC1. The van der Waals surface area contributed by atoms with Crippen LogP contribution in [-0.4, -0.2) is 13.1 Å². The molecule has 0 aromatic heterocycles. The summed E-state index contributed by atoms with van der Waals surface area (Å²) in [5.74, 6) is 0.958. The van der Waals surface area contributed by atoms with Gasteiger partial charge in [0.15, 0.2) is 0 Å². The van der Waals surface area contributed by atoms with Gasteiger partial charge in [-0.05, 0) is 42.4 Å². The minimum atomic E-state index is 0.663. The molecule has 2 N–H and O–H groups in total. The second-order valence-electron chi connectivity index (χ2n) is 5.16. The van der Waals surface area contributed by atoms with E-state index in [0.717, 1.165) is 5.92 Å². The smallest absolute Gasteiger partial charge is 0.0399 e. The van der Waals surface area contributed by atoms with Gasteiger partial charge in [-0.3, -0.25) is 0 Å². The second kappa shape index (κ2) is 4.10. The van der Waals surface area contributed by atoms with Crippen molar-refractivity contribution in [1.82, 2.24) is 0 Å². The molecule has 1 aromatic carbocycles. The van der Waals surface area contributed by atoms with Crippen molar-refractivity contribution in [3.8, 4) is 0 Å². The number of nitrogens with two attached hydrogens (primary N) is 1. The van der Waals surface area contributed by atoms with Gasteiger partial charge in [-0.25, -0.2) is 0 Å². The van der Waals surface area contributed by atoms with Crippen molar-refractivity contribution >= 4 is 5.69 Å². The van der Waals surface area contributed by atoms with E-state index in [-0.39, 0.29) is 0 Å². The number of hydrogen-bond donors (Lipinski definition) is 1. The standard InChI is InChI=1S/C14H20N2/c15-9-12-4-5-14-13(8-12)6-7-16(14)10-11-2-1-3-11/h4-5,8,11H,1-3,6-7,9-10,15H2. The first-order chi connectivity index (χ1) is 7.86. The van der Waals surface area contributed by atoms with E-state index in [9.17, 15) is 0 Å². The molecule has 1 aliphatic heterocycles. The van der Waals surface area contributed by atoms with Crippen molar-refractivity contribution in [1.29, 1.82) is 0 Å². The summed E-state index contributed by atoms with van der Waals surface area (Å²) in [7, 11) is 0. The summed E-state index contributed by atoms with van der Waals surface area (Å²) in [6.07, 6.45) is 5.52. The van der Waals surface area contributed by atoms with Crippen LogP contribution in [0.4, 0.5) is 5.69 Å². The zero-order valence-corrected chi connectivity index (χ0v) is 9.78. The van der Waals surface area contributed by atoms with Crippen LogP contribution in [0.2, 0.25) is 0 Å². The first kappa shape index (κ1) is 10.2. The maximum Gasteiger partial charge on any atom is 0.0399 e. The summed E-state index contributed by atoms with van der Waals surface area (Å²) >= 11 is 0. The highest BCUT2D eigenvalue weighted by atomic mass is 15.1. The molecular formula is C14H20N2. The van der Waals surface area contributed by atoms with E-state index in [1.165, 1.54) is 55.6 Å². The van der Waals surface area contributed by atoms with Gasteiger partial charge in [0.2, 0.25) is 0 Å². The lowest BCUT2D eigenvalue weighted by molar-refractivity contribution is 0.319. The maximum atomic E-state index is 5.68. The van der Waals surface area contributed by atoms with Gasteiger partial charge in [-0.15, -0.1) is 0 Å². The van der Waals surface area contributed by atoms with Gasteiger partial charge >= 0.3 is 0 Å². The van der Waals surface area contributed by atoms with Crippen LogP contribution in [0.15, 0.2) is 18.2 Å². The molecule has 16 heavy (non-hydrogen) atoms. The van der Waals surface area contributed by atoms with Crippen molar-refractivity contribution in [3.63, 3.8) is 0 Å². The molecule has 0 atom stereocenters. The summed E-state index contributed by atoms with van der Waals surface area (Å²) in [6.45, 7) is 3.14. The van der Waals surface area contributed by atoms with Crippen LogP contribution < -0.4 is 10.6 Å². The fourth-order valence-electron chi connectivity index (χ4n) is 2.83. The molecule has 1 fully saturated rings. The van der Waals surface area contributed by atoms with Gasteiger partial charge < -0.3 is 10.6 Å². The molecule has 0 bridgehead atoms. The maximum absolute atomic E-state index is 5.68. The fraction of sp³-hybridized carbons (Fsp3) is 0.571. The van der Waals surface area contributed by atoms with Crippen LogP contribution in [-0.2, 0) is 13.0 Å². The van der Waals surface area contributed by atoms with Gasteiger partial charge in [0.25, 0.3) is 0 Å². The van der Waals surface area contributed by atoms with E-state index < -0.39 is 0 Å². The number of rotatable bonds is 3. The van der Waals surface area contributed by atoms with Crippen LogP contribution in [0.3, 0.4) is 0 Å². The summed E-state index contributed by atoms with van der Waals surface area (Å²) in [5.41, 5.74) is 9.91. The predicted molar refractivity (Wildman–Crippen MR) is 67.6 cm³/mol. The summed E-state index contributed by atoms with van der Waals surface area (Å²) < 4.78 is 0. The number of fused-ring (bicyclic) bond motifs is 1. The Morgan fingerprint density at radius 3 is 2.88 bits per heavy atom. The Labute approximate surface area is 97.4 Å². The Balaban J connectivity index is 1.76. The van der Waals surface area contributed by atoms with Crippen LogP contribution >= 0.6 is 0 Å². The van der Waals surface area contributed by atoms with Gasteiger partial charge in [0, 0.05) is 25.3 Å². The highest BCUT2D eigenvalue weighted by Crippen LogP contribution is 2.33. The molecule has 0 radical (unpaired) electrons. The average Bonchev–Trinajstić information content (AvgIpc) is 2.65. The molecule has 2 heteroatoms. The van der Waals surface area contributed by atoms with Gasteiger partial charge in [0.05, 0.1) is 0 Å². The number of anilines is 1. The molecule has 1 saturated carbocycles. The lowest BCUT2D eigenvalue weighted by atomic mass is 9.85. The molecule has 1 aliphatic carbocycles. The van der Waals surface area contributed by atoms with Gasteiger partial charge in [0.1, 0.15) is 0 Å². The largest absolute Gasteiger partial charge is 0.371 e. The lowest BCUT2D eigenvalue weighted by Gasteiger charge is -2.31. The van der Waals surface area contributed by atoms with Crippen LogP contribution in [0.5, 0.6) is 0 Å². The zero-order valence-electron chi connectivity index (χ0n) is 9.78. The van der Waals surface area contributed by atoms with Crippen molar-refractivity contribution < 1.29 is 0 Å². The van der Waals surface area contributed by atoms with Crippen LogP contribution in [0.25, 0.3) is 0 Å². The topological polar surface area (TPSA) is 29.3 Å². The minimum Gasteiger partial charge on any atom is -0.371 e. The van der Waals surface area contributed by atoms with Crippen molar-refractivity contribution in [2.75, 3.05) is 18.0 Å². The molecular weight excluding hydrogens is 196 g/mol. The number of nitrogens with zero attached hydrogens (tertiary/aromatic N) is 1. The van der Waals surface area contributed by atoms with Crippen LogP contribution in [0.1, 0.15) is 30.4 Å². The third kappa shape index (κ3) is 1.71. The Morgan fingerprint density at radius 2 is 2.19 bits per heavy atom.